The topological polar surface area (TPSA) is 89.8 Å². The van der Waals surface area contributed by atoms with Crippen LogP contribution in [0.3, 0.4) is 0 Å². The van der Waals surface area contributed by atoms with Crippen LogP contribution in [-0.4, -0.2) is 46.1 Å². The maximum absolute atomic E-state index is 12.2. The van der Waals surface area contributed by atoms with Crippen LogP contribution >= 0.6 is 0 Å². The molecule has 0 aromatic carbocycles. The Kier molecular flexibility index (Phi) is 26.4. The number of carbonyl (C=O) groups excluding carboxylic acids is 1. The molecule has 5 nitrogen and oxygen atoms in total. The quantitative estimate of drug-likeness (QED) is 0.0685. The second kappa shape index (κ2) is 27.1. The molecule has 0 aliphatic carbocycles. The zero-order valence-electron chi connectivity index (χ0n) is 23.9. The van der Waals surface area contributed by atoms with Crippen molar-refractivity contribution >= 4 is 5.91 Å². The summed E-state index contributed by atoms with van der Waals surface area (Å²) >= 11 is 0. The van der Waals surface area contributed by atoms with E-state index >= 15 is 0 Å². The lowest BCUT2D eigenvalue weighted by atomic mass is 10.0. The van der Waals surface area contributed by atoms with Gasteiger partial charge in [-0.3, -0.25) is 4.79 Å². The number of allylic oxidation sites excluding steroid dienone is 2. The molecule has 1 amide bonds. The van der Waals surface area contributed by atoms with E-state index in [1.54, 1.807) is 0 Å². The smallest absolute Gasteiger partial charge is 0.220 e. The van der Waals surface area contributed by atoms with E-state index in [9.17, 15) is 20.1 Å². The Bertz CT molecular complexity index is 497. The summed E-state index contributed by atoms with van der Waals surface area (Å²) in [6.45, 7) is 4.09. The van der Waals surface area contributed by atoms with Gasteiger partial charge in [-0.2, -0.15) is 0 Å². The fourth-order valence-electron chi connectivity index (χ4n) is 4.63. The van der Waals surface area contributed by atoms with E-state index in [2.05, 4.69) is 31.3 Å². The van der Waals surface area contributed by atoms with Crippen LogP contribution in [0, 0.1) is 0 Å². The molecule has 0 rings (SSSR count). The van der Waals surface area contributed by atoms with Gasteiger partial charge in [0.15, 0.2) is 0 Å². The van der Waals surface area contributed by atoms with Gasteiger partial charge in [0.25, 0.3) is 0 Å². The highest BCUT2D eigenvalue weighted by atomic mass is 16.3. The first-order valence-corrected chi connectivity index (χ1v) is 15.5. The number of nitrogens with one attached hydrogen (secondary N) is 1. The molecule has 0 fully saturated rings. The monoisotopic (exact) mass is 511 g/mol. The molecule has 4 N–H and O–H groups in total. The Morgan fingerprint density at radius 3 is 1.61 bits per heavy atom. The predicted molar refractivity (Wildman–Crippen MR) is 153 cm³/mol. The third-order valence-corrected chi connectivity index (χ3v) is 7.12. The molecule has 3 unspecified atom stereocenters. The summed E-state index contributed by atoms with van der Waals surface area (Å²) in [6.07, 6.45) is 27.3. The van der Waals surface area contributed by atoms with Crippen molar-refractivity contribution in [3.63, 3.8) is 0 Å². The summed E-state index contributed by atoms with van der Waals surface area (Å²) in [7, 11) is 0. The molecule has 0 radical (unpaired) electrons. The Morgan fingerprint density at radius 2 is 1.11 bits per heavy atom. The van der Waals surface area contributed by atoms with E-state index in [1.165, 1.54) is 89.9 Å². The number of rotatable bonds is 27. The van der Waals surface area contributed by atoms with E-state index in [-0.39, 0.29) is 12.5 Å². The zero-order valence-corrected chi connectivity index (χ0v) is 23.9. The third kappa shape index (κ3) is 22.3. The molecule has 0 spiro atoms. The minimum atomic E-state index is -1.15. The van der Waals surface area contributed by atoms with E-state index in [0.29, 0.717) is 12.8 Å². The lowest BCUT2D eigenvalue weighted by molar-refractivity contribution is -0.124. The van der Waals surface area contributed by atoms with E-state index in [4.69, 9.17) is 0 Å². The second-order valence-corrected chi connectivity index (χ2v) is 10.7. The van der Waals surface area contributed by atoms with Crippen LogP contribution in [0.2, 0.25) is 0 Å². The first kappa shape index (κ1) is 35.1. The molecule has 0 aromatic heterocycles. The molecule has 36 heavy (non-hydrogen) atoms. The van der Waals surface area contributed by atoms with Crippen molar-refractivity contribution in [2.45, 2.75) is 173 Å². The standard InChI is InChI=1S/C31H61NO4/c1-3-5-7-9-11-13-14-15-16-18-20-22-24-26-30(35)32-28(27-33)31(36)29(34)25-23-21-19-17-12-10-8-6-4-2/h17,19,28-29,31,33-34,36H,3-16,18,20-27H2,1-2H3,(H,32,35)/b19-17+. The Morgan fingerprint density at radius 1 is 0.667 bits per heavy atom. The number of aliphatic hydroxyl groups is 3. The van der Waals surface area contributed by atoms with Crippen LogP contribution in [-0.2, 0) is 4.79 Å². The second-order valence-electron chi connectivity index (χ2n) is 10.7. The van der Waals surface area contributed by atoms with E-state index in [1.807, 2.05) is 0 Å². The number of hydrogen-bond acceptors (Lipinski definition) is 4. The predicted octanol–water partition coefficient (Wildman–Crippen LogP) is 7.36. The number of hydrogen-bond donors (Lipinski definition) is 4. The Hall–Kier alpha value is -0.910. The van der Waals surface area contributed by atoms with Crippen molar-refractivity contribution in [1.29, 1.82) is 0 Å². The van der Waals surface area contributed by atoms with Gasteiger partial charge in [-0.05, 0) is 38.5 Å². The van der Waals surface area contributed by atoms with Crippen molar-refractivity contribution in [2.75, 3.05) is 6.61 Å². The van der Waals surface area contributed by atoms with Crippen LogP contribution in [0.5, 0.6) is 0 Å². The minimum Gasteiger partial charge on any atom is -0.394 e. The SMILES string of the molecule is CCCCCC/C=C/CCCC(O)C(O)C(CO)NC(=O)CCCCCCCCCCCCCCC. The van der Waals surface area contributed by atoms with Crippen molar-refractivity contribution < 1.29 is 20.1 Å². The molecular formula is C31H61NO4. The number of unbranched alkanes of at least 4 members (excludes halogenated alkanes) is 17. The van der Waals surface area contributed by atoms with Gasteiger partial charge >= 0.3 is 0 Å². The van der Waals surface area contributed by atoms with Crippen LogP contribution in [0.25, 0.3) is 0 Å². The van der Waals surface area contributed by atoms with Gasteiger partial charge in [0, 0.05) is 6.42 Å². The van der Waals surface area contributed by atoms with Crippen LogP contribution in [0.1, 0.15) is 155 Å². The van der Waals surface area contributed by atoms with E-state index < -0.39 is 18.2 Å². The maximum Gasteiger partial charge on any atom is 0.220 e. The molecule has 0 saturated heterocycles. The molecule has 3 atom stereocenters. The zero-order chi connectivity index (χ0) is 26.7. The van der Waals surface area contributed by atoms with E-state index in [0.717, 1.165) is 38.5 Å². The number of amides is 1. The molecular weight excluding hydrogens is 450 g/mol. The summed E-state index contributed by atoms with van der Waals surface area (Å²) in [5.74, 6) is -0.158. The molecule has 5 heteroatoms. The summed E-state index contributed by atoms with van der Waals surface area (Å²) < 4.78 is 0. The summed E-state index contributed by atoms with van der Waals surface area (Å²) in [6, 6.07) is -0.816. The fraction of sp³-hybridized carbons (Fsp3) is 0.903. The van der Waals surface area contributed by atoms with Crippen LogP contribution in [0.4, 0.5) is 0 Å². The molecule has 0 saturated carbocycles. The van der Waals surface area contributed by atoms with Crippen LogP contribution in [0.15, 0.2) is 12.2 Å². The summed E-state index contributed by atoms with van der Waals surface area (Å²) in [4.78, 5) is 12.2. The minimum absolute atomic E-state index is 0.158. The average Bonchev–Trinajstić information content (AvgIpc) is 2.88. The van der Waals surface area contributed by atoms with Gasteiger partial charge in [0.05, 0.1) is 18.8 Å². The van der Waals surface area contributed by atoms with Crippen molar-refractivity contribution in [2.24, 2.45) is 0 Å². The molecule has 0 aliphatic heterocycles. The lowest BCUT2D eigenvalue weighted by Gasteiger charge is -2.26. The van der Waals surface area contributed by atoms with Gasteiger partial charge in [0.1, 0.15) is 6.10 Å². The third-order valence-electron chi connectivity index (χ3n) is 7.12. The number of carbonyl (C=O) groups is 1. The molecule has 214 valence electrons. The molecule has 0 aliphatic rings. The van der Waals surface area contributed by atoms with Crippen molar-refractivity contribution in [3.8, 4) is 0 Å². The Labute approximate surface area is 223 Å². The van der Waals surface area contributed by atoms with Gasteiger partial charge in [0.2, 0.25) is 5.91 Å². The first-order valence-electron chi connectivity index (χ1n) is 15.5. The van der Waals surface area contributed by atoms with Gasteiger partial charge in [-0.25, -0.2) is 0 Å². The highest BCUT2D eigenvalue weighted by molar-refractivity contribution is 5.76. The first-order chi connectivity index (χ1) is 17.6. The normalized spacial score (nSPS) is 14.2. The molecule has 0 heterocycles. The Balaban J connectivity index is 3.77. The van der Waals surface area contributed by atoms with Crippen molar-refractivity contribution in [1.82, 2.24) is 5.32 Å². The lowest BCUT2D eigenvalue weighted by Crippen LogP contribution is -2.50. The van der Waals surface area contributed by atoms with Crippen LogP contribution < -0.4 is 5.32 Å². The molecule has 0 aromatic rings. The van der Waals surface area contributed by atoms with Gasteiger partial charge in [-0.15, -0.1) is 0 Å². The highest BCUT2D eigenvalue weighted by Gasteiger charge is 2.26. The summed E-state index contributed by atoms with van der Waals surface area (Å²) in [5, 5.41) is 33.0. The van der Waals surface area contributed by atoms with Crippen molar-refractivity contribution in [3.05, 3.63) is 12.2 Å². The maximum atomic E-state index is 12.2. The van der Waals surface area contributed by atoms with Gasteiger partial charge in [-0.1, -0.05) is 122 Å². The average molecular weight is 512 g/mol. The fourth-order valence-corrected chi connectivity index (χ4v) is 4.63. The highest BCUT2D eigenvalue weighted by Crippen LogP contribution is 2.14. The largest absolute Gasteiger partial charge is 0.394 e. The number of aliphatic hydroxyl groups excluding tert-OH is 3. The summed E-state index contributed by atoms with van der Waals surface area (Å²) in [5.41, 5.74) is 0. The molecule has 0 bridgehead atoms. The van der Waals surface area contributed by atoms with Gasteiger partial charge < -0.3 is 20.6 Å².